The fourth-order valence-electron chi connectivity index (χ4n) is 2.15. The first-order valence-electron chi connectivity index (χ1n) is 5.82. The van der Waals surface area contributed by atoms with Crippen molar-refractivity contribution in [2.45, 2.75) is 38.0 Å². The maximum atomic E-state index is 11.9. The number of rotatable bonds is 4. The Morgan fingerprint density at radius 3 is 2.89 bits per heavy atom. The highest BCUT2D eigenvalue weighted by Crippen LogP contribution is 2.30. The summed E-state index contributed by atoms with van der Waals surface area (Å²) in [7, 11) is 0. The summed E-state index contributed by atoms with van der Waals surface area (Å²) in [4.78, 5) is 17.9. The Labute approximate surface area is 106 Å². The van der Waals surface area contributed by atoms with Crippen molar-refractivity contribution in [2.24, 2.45) is 0 Å². The summed E-state index contributed by atoms with van der Waals surface area (Å²) in [5.74, 6) is -1.41. The van der Waals surface area contributed by atoms with E-state index >= 15 is 0 Å². The monoisotopic (exact) mass is 278 g/mol. The Balaban J connectivity index is 2.03. The van der Waals surface area contributed by atoms with Crippen LogP contribution in [0.25, 0.3) is 0 Å². The van der Waals surface area contributed by atoms with Crippen LogP contribution in [0.3, 0.4) is 0 Å². The second kappa shape index (κ2) is 5.20. The van der Waals surface area contributed by atoms with Crippen molar-refractivity contribution < 1.29 is 27.8 Å². The van der Waals surface area contributed by atoms with Crippen LogP contribution in [0, 0.1) is 0 Å². The molecule has 8 heteroatoms. The molecule has 1 unspecified atom stereocenters. The van der Waals surface area contributed by atoms with Gasteiger partial charge in [0.1, 0.15) is 25.0 Å². The van der Waals surface area contributed by atoms with Crippen molar-refractivity contribution in [3.63, 3.8) is 0 Å². The van der Waals surface area contributed by atoms with E-state index in [1.165, 1.54) is 0 Å². The van der Waals surface area contributed by atoms with Gasteiger partial charge >= 0.3 is 12.1 Å². The lowest BCUT2D eigenvalue weighted by Gasteiger charge is -2.16. The first-order valence-corrected chi connectivity index (χ1v) is 5.82. The number of carboxylic acids is 1. The van der Waals surface area contributed by atoms with E-state index in [-0.39, 0.29) is 12.4 Å². The molecule has 0 fully saturated rings. The zero-order valence-electron chi connectivity index (χ0n) is 9.96. The molecule has 0 amide bonds. The van der Waals surface area contributed by atoms with Crippen LogP contribution < -0.4 is 0 Å². The molecule has 2 rings (SSSR count). The standard InChI is InChI=1S/C11H13F3N2O3/c12-11(13,14)5-19-4-8-15-7-3-1-2-6(10(17)18)9(7)16-8/h6H,1-5H2,(H,15,16)(H,17,18). The predicted molar refractivity (Wildman–Crippen MR) is 57.6 cm³/mol. The molecule has 0 aromatic carbocycles. The zero-order chi connectivity index (χ0) is 14.0. The fraction of sp³-hybridized carbons (Fsp3) is 0.636. The average Bonchev–Trinajstić information content (AvgIpc) is 2.68. The molecule has 1 aromatic rings. The molecule has 19 heavy (non-hydrogen) atoms. The number of carbonyl (C=O) groups is 1. The van der Waals surface area contributed by atoms with Crippen molar-refractivity contribution in [1.29, 1.82) is 0 Å². The van der Waals surface area contributed by atoms with E-state index in [1.807, 2.05) is 0 Å². The number of aliphatic carboxylic acids is 1. The lowest BCUT2D eigenvalue weighted by Crippen LogP contribution is -2.18. The molecule has 0 radical (unpaired) electrons. The number of ether oxygens (including phenoxy) is 1. The van der Waals surface area contributed by atoms with Crippen molar-refractivity contribution in [1.82, 2.24) is 9.97 Å². The molecule has 1 heterocycles. The molecule has 5 nitrogen and oxygen atoms in total. The molecular weight excluding hydrogens is 265 g/mol. The highest BCUT2D eigenvalue weighted by Gasteiger charge is 2.30. The number of hydrogen-bond donors (Lipinski definition) is 2. The minimum absolute atomic E-state index is 0.238. The molecule has 1 aliphatic carbocycles. The summed E-state index contributed by atoms with van der Waals surface area (Å²) in [5, 5.41) is 9.04. The summed E-state index contributed by atoms with van der Waals surface area (Å²) in [6, 6.07) is 0. The molecule has 0 saturated carbocycles. The SMILES string of the molecule is O=C(O)C1CCCc2[nH]c(COCC(F)(F)F)nc21. The van der Waals surface area contributed by atoms with E-state index < -0.39 is 24.7 Å². The summed E-state index contributed by atoms with van der Waals surface area (Å²) in [6.45, 7) is -1.65. The number of halogens is 3. The van der Waals surface area contributed by atoms with Gasteiger partial charge in [0.2, 0.25) is 0 Å². The van der Waals surface area contributed by atoms with Crippen LogP contribution in [0.2, 0.25) is 0 Å². The molecule has 0 spiro atoms. The molecule has 0 bridgehead atoms. The van der Waals surface area contributed by atoms with Gasteiger partial charge in [-0.2, -0.15) is 13.2 Å². The number of aryl methyl sites for hydroxylation is 1. The largest absolute Gasteiger partial charge is 0.481 e. The van der Waals surface area contributed by atoms with Crippen LogP contribution in [0.1, 0.15) is 36.0 Å². The maximum Gasteiger partial charge on any atom is 0.411 e. The quantitative estimate of drug-likeness (QED) is 0.883. The molecule has 106 valence electrons. The molecule has 0 aliphatic heterocycles. The third-order valence-electron chi connectivity index (χ3n) is 2.91. The van der Waals surface area contributed by atoms with Gasteiger partial charge in [-0.1, -0.05) is 0 Å². The summed E-state index contributed by atoms with van der Waals surface area (Å²) in [6.07, 6.45) is -2.51. The number of imidazole rings is 1. The maximum absolute atomic E-state index is 11.9. The third kappa shape index (κ3) is 3.46. The summed E-state index contributed by atoms with van der Waals surface area (Å²) >= 11 is 0. The number of nitrogens with zero attached hydrogens (tertiary/aromatic N) is 1. The average molecular weight is 278 g/mol. The Hall–Kier alpha value is -1.57. The highest BCUT2D eigenvalue weighted by atomic mass is 19.4. The number of aromatic amines is 1. The fourth-order valence-corrected chi connectivity index (χ4v) is 2.15. The minimum Gasteiger partial charge on any atom is -0.481 e. The van der Waals surface area contributed by atoms with Gasteiger partial charge < -0.3 is 14.8 Å². The van der Waals surface area contributed by atoms with Crippen molar-refractivity contribution >= 4 is 5.97 Å². The Morgan fingerprint density at radius 1 is 1.53 bits per heavy atom. The number of carboxylic acid groups (broad SMARTS) is 1. The molecule has 2 N–H and O–H groups in total. The van der Waals surface area contributed by atoms with Crippen molar-refractivity contribution in [3.05, 3.63) is 17.2 Å². The van der Waals surface area contributed by atoms with E-state index in [0.29, 0.717) is 24.2 Å². The second-order valence-corrected chi connectivity index (χ2v) is 4.44. The predicted octanol–water partition coefficient (Wildman–Crippen LogP) is 1.99. The number of nitrogens with one attached hydrogen (secondary N) is 1. The van der Waals surface area contributed by atoms with E-state index in [4.69, 9.17) is 5.11 Å². The van der Waals surface area contributed by atoms with Gasteiger partial charge in [-0.05, 0) is 19.3 Å². The third-order valence-corrected chi connectivity index (χ3v) is 2.91. The van der Waals surface area contributed by atoms with Gasteiger partial charge in [-0.3, -0.25) is 4.79 Å². The van der Waals surface area contributed by atoms with E-state index in [1.54, 1.807) is 0 Å². The van der Waals surface area contributed by atoms with E-state index in [0.717, 1.165) is 6.42 Å². The molecule has 0 saturated heterocycles. The van der Waals surface area contributed by atoms with Crippen LogP contribution in [-0.4, -0.2) is 33.8 Å². The lowest BCUT2D eigenvalue weighted by molar-refractivity contribution is -0.177. The number of H-pyrrole nitrogens is 1. The Bertz CT molecular complexity index is 470. The van der Waals surface area contributed by atoms with Gasteiger partial charge in [-0.15, -0.1) is 0 Å². The second-order valence-electron chi connectivity index (χ2n) is 4.44. The van der Waals surface area contributed by atoms with Gasteiger partial charge in [0.15, 0.2) is 0 Å². The first kappa shape index (κ1) is 13.9. The van der Waals surface area contributed by atoms with Gasteiger partial charge in [-0.25, -0.2) is 4.98 Å². The first-order chi connectivity index (χ1) is 8.87. The zero-order valence-corrected chi connectivity index (χ0v) is 9.96. The number of alkyl halides is 3. The summed E-state index contributed by atoms with van der Waals surface area (Å²) < 4.78 is 40.3. The van der Waals surface area contributed by atoms with Crippen molar-refractivity contribution in [3.8, 4) is 0 Å². The van der Waals surface area contributed by atoms with Crippen LogP contribution in [0.15, 0.2) is 0 Å². The van der Waals surface area contributed by atoms with Crippen LogP contribution in [-0.2, 0) is 22.6 Å². The van der Waals surface area contributed by atoms with Crippen LogP contribution in [0.4, 0.5) is 13.2 Å². The van der Waals surface area contributed by atoms with Gasteiger partial charge in [0.25, 0.3) is 0 Å². The normalized spacial score (nSPS) is 19.2. The number of fused-ring (bicyclic) bond motifs is 1. The number of hydrogen-bond acceptors (Lipinski definition) is 3. The Morgan fingerprint density at radius 2 is 2.26 bits per heavy atom. The summed E-state index contributed by atoms with van der Waals surface area (Å²) in [5.41, 5.74) is 1.11. The van der Waals surface area contributed by atoms with Crippen molar-refractivity contribution in [2.75, 3.05) is 6.61 Å². The number of aromatic nitrogens is 2. The Kier molecular flexibility index (Phi) is 3.79. The minimum atomic E-state index is -4.38. The molecular formula is C11H13F3N2O3. The van der Waals surface area contributed by atoms with E-state index in [2.05, 4.69) is 14.7 Å². The lowest BCUT2D eigenvalue weighted by atomic mass is 9.90. The van der Waals surface area contributed by atoms with Crippen LogP contribution in [0.5, 0.6) is 0 Å². The van der Waals surface area contributed by atoms with Gasteiger partial charge in [0.05, 0.1) is 5.69 Å². The van der Waals surface area contributed by atoms with E-state index in [9.17, 15) is 18.0 Å². The molecule has 1 aromatic heterocycles. The van der Waals surface area contributed by atoms with Crippen LogP contribution >= 0.6 is 0 Å². The highest BCUT2D eigenvalue weighted by molar-refractivity contribution is 5.76. The molecule has 1 atom stereocenters. The smallest absolute Gasteiger partial charge is 0.411 e. The molecule has 1 aliphatic rings. The topological polar surface area (TPSA) is 75.2 Å². The van der Waals surface area contributed by atoms with Gasteiger partial charge in [0, 0.05) is 5.69 Å².